The van der Waals surface area contributed by atoms with E-state index in [4.69, 9.17) is 15.2 Å². The van der Waals surface area contributed by atoms with E-state index in [1.165, 1.54) is 11.9 Å². The van der Waals surface area contributed by atoms with Gasteiger partial charge in [0.05, 0.1) is 12.4 Å². The van der Waals surface area contributed by atoms with Crippen LogP contribution < -0.4 is 11.1 Å². The molecule has 3 unspecified atom stereocenters. The van der Waals surface area contributed by atoms with E-state index in [-0.39, 0.29) is 23.9 Å². The van der Waals surface area contributed by atoms with Crippen molar-refractivity contribution in [2.45, 2.75) is 51.0 Å². The molecule has 0 aliphatic carbocycles. The molecule has 4 rings (SSSR count). The highest BCUT2D eigenvalue weighted by molar-refractivity contribution is 5.84. The van der Waals surface area contributed by atoms with Gasteiger partial charge in [-0.05, 0) is 30.2 Å². The van der Waals surface area contributed by atoms with Crippen molar-refractivity contribution in [2.75, 3.05) is 37.8 Å². The lowest BCUT2D eigenvalue weighted by molar-refractivity contribution is -0.0420. The Balaban J connectivity index is 1.22. The Morgan fingerprint density at radius 2 is 2.03 bits per heavy atom. The number of carbonyl (C=O) groups is 1. The Morgan fingerprint density at radius 3 is 2.74 bits per heavy atom. The number of imidazole rings is 1. The number of hydrogen-bond donors (Lipinski definition) is 3. The van der Waals surface area contributed by atoms with E-state index >= 15 is 0 Å². The maximum Gasteiger partial charge on any atom is 0.411 e. The molecule has 0 saturated carbocycles. The third kappa shape index (κ3) is 5.87. The number of aromatic nitrogens is 4. The number of aliphatic hydroxyl groups excluding tert-OH is 1. The van der Waals surface area contributed by atoms with Crippen molar-refractivity contribution >= 4 is 28.8 Å². The van der Waals surface area contributed by atoms with Crippen molar-refractivity contribution in [3.8, 4) is 0 Å². The average Bonchev–Trinajstić information content (AvgIpc) is 3.37. The van der Waals surface area contributed by atoms with Crippen LogP contribution in [0.5, 0.6) is 0 Å². The van der Waals surface area contributed by atoms with Crippen molar-refractivity contribution < 1.29 is 19.4 Å². The molecule has 1 saturated heterocycles. The molecule has 0 radical (unpaired) electrons. The van der Waals surface area contributed by atoms with Gasteiger partial charge in [0.15, 0.2) is 17.7 Å². The number of fused-ring (bicyclic) bond motifs is 1. The van der Waals surface area contributed by atoms with Crippen LogP contribution in [0, 0.1) is 0 Å². The Labute approximate surface area is 204 Å². The van der Waals surface area contributed by atoms with Crippen molar-refractivity contribution in [2.24, 2.45) is 0 Å². The SMILES string of the molecule is CN(CCOC(=O)Nc1ccc(C(C)(C)C)cc1)CC1CC(O)C(n2cnc3c(N)ncnc32)O1. The van der Waals surface area contributed by atoms with Gasteiger partial charge in [-0.1, -0.05) is 32.9 Å². The van der Waals surface area contributed by atoms with Crippen LogP contribution in [0.2, 0.25) is 0 Å². The van der Waals surface area contributed by atoms with Crippen LogP contribution in [0.4, 0.5) is 16.3 Å². The number of nitrogen functional groups attached to an aromatic ring is 1. The van der Waals surface area contributed by atoms with Crippen LogP contribution in [0.25, 0.3) is 11.2 Å². The van der Waals surface area contributed by atoms with E-state index in [1.807, 2.05) is 36.2 Å². The Bertz CT molecular complexity index is 1160. The summed E-state index contributed by atoms with van der Waals surface area (Å²) in [6, 6.07) is 7.75. The first-order chi connectivity index (χ1) is 16.6. The van der Waals surface area contributed by atoms with Gasteiger partial charge in [0.1, 0.15) is 24.6 Å². The number of amides is 1. The lowest BCUT2D eigenvalue weighted by atomic mass is 9.87. The van der Waals surface area contributed by atoms with Crippen molar-refractivity contribution in [3.05, 3.63) is 42.5 Å². The number of nitrogens with zero attached hydrogens (tertiary/aromatic N) is 5. The molecule has 1 fully saturated rings. The van der Waals surface area contributed by atoms with E-state index in [0.29, 0.717) is 36.4 Å². The molecule has 1 amide bonds. The smallest absolute Gasteiger partial charge is 0.411 e. The minimum atomic E-state index is -0.714. The number of benzene rings is 1. The molecule has 1 aromatic carbocycles. The van der Waals surface area contributed by atoms with Crippen LogP contribution in [0.15, 0.2) is 36.9 Å². The fourth-order valence-corrected chi connectivity index (χ4v) is 4.09. The van der Waals surface area contributed by atoms with Gasteiger partial charge in [-0.3, -0.25) is 9.88 Å². The van der Waals surface area contributed by atoms with Gasteiger partial charge >= 0.3 is 6.09 Å². The molecule has 3 heterocycles. The molecular formula is C24H33N7O4. The number of nitrogens with one attached hydrogen (secondary N) is 1. The number of anilines is 2. The van der Waals surface area contributed by atoms with Crippen LogP contribution in [0.3, 0.4) is 0 Å². The molecule has 2 aromatic heterocycles. The average molecular weight is 484 g/mol. The molecule has 35 heavy (non-hydrogen) atoms. The summed E-state index contributed by atoms with van der Waals surface area (Å²) in [6.07, 6.45) is 1.35. The normalized spacial score (nSPS) is 20.5. The Hall–Kier alpha value is -3.28. The van der Waals surface area contributed by atoms with Gasteiger partial charge in [-0.15, -0.1) is 0 Å². The Morgan fingerprint density at radius 1 is 1.29 bits per heavy atom. The maximum absolute atomic E-state index is 12.1. The standard InChI is InChI=1S/C24H33N7O4/c1-24(2,3)15-5-7-16(8-6-15)29-23(33)34-10-9-30(4)12-17-11-18(32)22(35-17)31-14-28-19-20(25)26-13-27-21(19)31/h5-8,13-14,17-18,22,32H,9-12H2,1-4H3,(H,29,33)(H2,25,26,27). The summed E-state index contributed by atoms with van der Waals surface area (Å²) in [6.45, 7) is 7.74. The molecule has 3 atom stereocenters. The summed E-state index contributed by atoms with van der Waals surface area (Å²) in [7, 11) is 1.91. The second-order valence-corrected chi connectivity index (χ2v) is 9.89. The second kappa shape index (κ2) is 10.1. The largest absolute Gasteiger partial charge is 0.448 e. The van der Waals surface area contributed by atoms with E-state index in [9.17, 15) is 9.90 Å². The number of nitrogens with two attached hydrogens (primary N) is 1. The first kappa shape index (κ1) is 24.8. The third-order valence-corrected chi connectivity index (χ3v) is 6.05. The molecule has 11 nitrogen and oxygen atoms in total. The molecular weight excluding hydrogens is 450 g/mol. The summed E-state index contributed by atoms with van der Waals surface area (Å²) >= 11 is 0. The van der Waals surface area contributed by atoms with Gasteiger partial charge in [0.2, 0.25) is 0 Å². The van der Waals surface area contributed by atoms with Crippen molar-refractivity contribution in [1.29, 1.82) is 0 Å². The molecule has 3 aromatic rings. The summed E-state index contributed by atoms with van der Waals surface area (Å²) in [5.41, 5.74) is 8.78. The lowest BCUT2D eigenvalue weighted by Crippen LogP contribution is -2.32. The van der Waals surface area contributed by atoms with Gasteiger partial charge in [0, 0.05) is 25.2 Å². The molecule has 4 N–H and O–H groups in total. The number of ether oxygens (including phenoxy) is 2. The third-order valence-electron chi connectivity index (χ3n) is 6.05. The van der Waals surface area contributed by atoms with Crippen LogP contribution in [0.1, 0.15) is 39.0 Å². The molecule has 0 bridgehead atoms. The predicted octanol–water partition coefficient (Wildman–Crippen LogP) is 2.53. The summed E-state index contributed by atoms with van der Waals surface area (Å²) in [5, 5.41) is 13.3. The quantitative estimate of drug-likeness (QED) is 0.462. The van der Waals surface area contributed by atoms with E-state index in [2.05, 4.69) is 41.0 Å². The predicted molar refractivity (Wildman–Crippen MR) is 132 cm³/mol. The molecule has 188 valence electrons. The monoisotopic (exact) mass is 483 g/mol. The second-order valence-electron chi connectivity index (χ2n) is 9.89. The maximum atomic E-state index is 12.1. The Kier molecular flexibility index (Phi) is 7.20. The van der Waals surface area contributed by atoms with Gasteiger partial charge < -0.3 is 25.2 Å². The zero-order valence-electron chi connectivity index (χ0n) is 20.5. The van der Waals surface area contributed by atoms with Crippen molar-refractivity contribution in [1.82, 2.24) is 24.4 Å². The number of hydrogen-bond acceptors (Lipinski definition) is 9. The molecule has 1 aliphatic heterocycles. The minimum Gasteiger partial charge on any atom is -0.448 e. The number of carbonyl (C=O) groups excluding carboxylic acids is 1. The van der Waals surface area contributed by atoms with Crippen molar-refractivity contribution in [3.63, 3.8) is 0 Å². The molecule has 11 heteroatoms. The summed E-state index contributed by atoms with van der Waals surface area (Å²) in [5.74, 6) is 0.281. The minimum absolute atomic E-state index is 0.0532. The lowest BCUT2D eigenvalue weighted by Gasteiger charge is -2.21. The zero-order valence-corrected chi connectivity index (χ0v) is 20.5. The van der Waals surface area contributed by atoms with Crippen LogP contribution in [-0.2, 0) is 14.9 Å². The summed E-state index contributed by atoms with van der Waals surface area (Å²) < 4.78 is 13.1. The highest BCUT2D eigenvalue weighted by atomic mass is 16.5. The van der Waals surface area contributed by atoms with Crippen LogP contribution in [-0.4, -0.2) is 74.6 Å². The molecule has 0 spiro atoms. The molecule has 1 aliphatic rings. The topological polar surface area (TPSA) is 141 Å². The van der Waals surface area contributed by atoms with Gasteiger partial charge in [-0.2, -0.15) is 0 Å². The highest BCUT2D eigenvalue weighted by Gasteiger charge is 2.36. The van der Waals surface area contributed by atoms with Crippen LogP contribution >= 0.6 is 0 Å². The zero-order chi connectivity index (χ0) is 25.2. The highest BCUT2D eigenvalue weighted by Crippen LogP contribution is 2.31. The number of likely N-dealkylation sites (N-methyl/N-ethyl adjacent to an activating group) is 1. The fourth-order valence-electron chi connectivity index (χ4n) is 4.09. The van der Waals surface area contributed by atoms with E-state index < -0.39 is 18.4 Å². The van der Waals surface area contributed by atoms with E-state index in [0.717, 1.165) is 0 Å². The fraction of sp³-hybridized carbons (Fsp3) is 0.500. The first-order valence-corrected chi connectivity index (χ1v) is 11.6. The van der Waals surface area contributed by atoms with Gasteiger partial charge in [0.25, 0.3) is 0 Å². The summed E-state index contributed by atoms with van der Waals surface area (Å²) in [4.78, 5) is 26.5. The van der Waals surface area contributed by atoms with E-state index in [1.54, 1.807) is 10.9 Å². The number of aliphatic hydroxyl groups is 1. The number of rotatable bonds is 7. The van der Waals surface area contributed by atoms with Gasteiger partial charge in [-0.25, -0.2) is 19.7 Å². The first-order valence-electron chi connectivity index (χ1n) is 11.6.